The molecule has 0 aliphatic heterocycles. The Balaban J connectivity index is 3.31. The number of aryl methyl sites for hydroxylation is 1. The van der Waals surface area contributed by atoms with Gasteiger partial charge in [0.05, 0.1) is 12.0 Å². The van der Waals surface area contributed by atoms with Crippen LogP contribution in [0.15, 0.2) is 0 Å². The van der Waals surface area contributed by atoms with E-state index in [9.17, 15) is 10.1 Å². The van der Waals surface area contributed by atoms with Crippen molar-refractivity contribution in [3.05, 3.63) is 15.8 Å². The highest BCUT2D eigenvalue weighted by atomic mass is 16.6. The molecule has 1 aromatic heterocycles. The molecule has 7 heteroatoms. The molecular weight excluding hydrogens is 176 g/mol. The zero-order chi connectivity index (χ0) is 10.0. The Morgan fingerprint density at radius 2 is 2.15 bits per heavy atom. The molecule has 0 radical (unpaired) electrons. The number of aromatic nitrogens is 2. The van der Waals surface area contributed by atoms with Crippen molar-refractivity contribution in [2.75, 3.05) is 12.8 Å². The second-order valence-corrected chi connectivity index (χ2v) is 2.29. The topological polar surface area (TPSA) is 104 Å². The van der Waals surface area contributed by atoms with Crippen LogP contribution in [0.3, 0.4) is 0 Å². The molecule has 0 atom stereocenters. The zero-order valence-electron chi connectivity index (χ0n) is 7.14. The van der Waals surface area contributed by atoms with E-state index in [1.54, 1.807) is 0 Å². The van der Waals surface area contributed by atoms with Crippen LogP contribution in [0.2, 0.25) is 0 Å². The average molecular weight is 184 g/mol. The van der Waals surface area contributed by atoms with E-state index in [1.165, 1.54) is 14.0 Å². The molecule has 0 spiro atoms. The lowest BCUT2D eigenvalue weighted by molar-refractivity contribution is -0.385. The second-order valence-electron chi connectivity index (χ2n) is 2.29. The standard InChI is InChI=1S/C6H8N4O3/c1-3-4(10(11)12)5(7)9-6(8-3)13-2/h1-2H3,(H2,7,8,9). The third-order valence-corrected chi connectivity index (χ3v) is 1.43. The lowest BCUT2D eigenvalue weighted by Gasteiger charge is -2.01. The molecule has 0 amide bonds. The van der Waals surface area contributed by atoms with Crippen molar-refractivity contribution in [2.24, 2.45) is 0 Å². The summed E-state index contributed by atoms with van der Waals surface area (Å²) in [6.07, 6.45) is 0. The van der Waals surface area contributed by atoms with Crippen LogP contribution < -0.4 is 10.5 Å². The molecule has 0 aliphatic rings. The van der Waals surface area contributed by atoms with Crippen LogP contribution in [0.1, 0.15) is 5.69 Å². The van der Waals surface area contributed by atoms with Gasteiger partial charge >= 0.3 is 11.7 Å². The van der Waals surface area contributed by atoms with E-state index in [1.807, 2.05) is 0 Å². The van der Waals surface area contributed by atoms with Crippen molar-refractivity contribution in [1.82, 2.24) is 9.97 Å². The van der Waals surface area contributed by atoms with Crippen molar-refractivity contribution < 1.29 is 9.66 Å². The Morgan fingerprint density at radius 1 is 1.54 bits per heavy atom. The molecule has 1 rings (SSSR count). The number of hydrogen-bond acceptors (Lipinski definition) is 6. The molecule has 0 fully saturated rings. The van der Waals surface area contributed by atoms with Gasteiger partial charge in [-0.2, -0.15) is 9.97 Å². The number of nitro groups is 1. The summed E-state index contributed by atoms with van der Waals surface area (Å²) < 4.78 is 4.69. The average Bonchev–Trinajstić information content (AvgIpc) is 2.02. The van der Waals surface area contributed by atoms with Crippen molar-refractivity contribution in [1.29, 1.82) is 0 Å². The summed E-state index contributed by atoms with van der Waals surface area (Å²) in [5, 5.41) is 10.4. The van der Waals surface area contributed by atoms with Crippen molar-refractivity contribution in [2.45, 2.75) is 6.92 Å². The highest BCUT2D eigenvalue weighted by Gasteiger charge is 2.19. The van der Waals surface area contributed by atoms with E-state index in [0.717, 1.165) is 0 Å². The number of nitrogen functional groups attached to an aromatic ring is 1. The minimum absolute atomic E-state index is 0.0283. The number of rotatable bonds is 2. The summed E-state index contributed by atoms with van der Waals surface area (Å²) in [7, 11) is 1.36. The SMILES string of the molecule is COc1nc(C)c([N+](=O)[O-])c(N)n1. The first-order valence-corrected chi connectivity index (χ1v) is 3.38. The van der Waals surface area contributed by atoms with Gasteiger partial charge < -0.3 is 10.5 Å². The fourth-order valence-corrected chi connectivity index (χ4v) is 0.880. The Hall–Kier alpha value is -1.92. The van der Waals surface area contributed by atoms with Crippen LogP contribution in [0.5, 0.6) is 6.01 Å². The highest BCUT2D eigenvalue weighted by Crippen LogP contribution is 2.23. The molecule has 1 heterocycles. The number of ether oxygens (including phenoxy) is 1. The lowest BCUT2D eigenvalue weighted by Crippen LogP contribution is -2.05. The van der Waals surface area contributed by atoms with Gasteiger partial charge in [0, 0.05) is 0 Å². The first kappa shape index (κ1) is 9.17. The summed E-state index contributed by atoms with van der Waals surface area (Å²) in [4.78, 5) is 17.1. The Kier molecular flexibility index (Phi) is 2.27. The molecule has 13 heavy (non-hydrogen) atoms. The lowest BCUT2D eigenvalue weighted by atomic mass is 10.3. The quantitative estimate of drug-likeness (QED) is 0.523. The van der Waals surface area contributed by atoms with E-state index < -0.39 is 4.92 Å². The van der Waals surface area contributed by atoms with E-state index in [2.05, 4.69) is 14.7 Å². The zero-order valence-corrected chi connectivity index (χ0v) is 7.14. The summed E-state index contributed by atoms with van der Waals surface area (Å²) in [5.74, 6) is -0.186. The van der Waals surface area contributed by atoms with Crippen molar-refractivity contribution in [3.8, 4) is 6.01 Å². The normalized spacial score (nSPS) is 9.69. The van der Waals surface area contributed by atoms with Crippen LogP contribution >= 0.6 is 0 Å². The molecule has 0 unspecified atom stereocenters. The monoisotopic (exact) mass is 184 g/mol. The minimum Gasteiger partial charge on any atom is -0.467 e. The van der Waals surface area contributed by atoms with E-state index in [0.29, 0.717) is 0 Å². The summed E-state index contributed by atoms with van der Waals surface area (Å²) in [6, 6.07) is 0.0283. The molecule has 7 nitrogen and oxygen atoms in total. The molecule has 70 valence electrons. The van der Waals surface area contributed by atoms with Crippen LogP contribution in [0, 0.1) is 17.0 Å². The molecule has 0 aromatic carbocycles. The van der Waals surface area contributed by atoms with E-state index in [-0.39, 0.29) is 23.2 Å². The number of nitrogens with two attached hydrogens (primary N) is 1. The minimum atomic E-state index is -0.621. The van der Waals surface area contributed by atoms with Gasteiger partial charge in [-0.15, -0.1) is 0 Å². The summed E-state index contributed by atoms with van der Waals surface area (Å²) in [6.45, 7) is 1.47. The predicted molar refractivity (Wildman–Crippen MR) is 44.4 cm³/mol. The van der Waals surface area contributed by atoms with Gasteiger partial charge in [0.1, 0.15) is 5.69 Å². The van der Waals surface area contributed by atoms with Crippen LogP contribution in [0.25, 0.3) is 0 Å². The maximum Gasteiger partial charge on any atom is 0.332 e. The Bertz CT molecular complexity index is 329. The molecule has 0 aliphatic carbocycles. The molecule has 1 aromatic rings. The van der Waals surface area contributed by atoms with Gasteiger partial charge in [-0.3, -0.25) is 10.1 Å². The highest BCUT2D eigenvalue weighted by molar-refractivity contribution is 5.55. The van der Waals surface area contributed by atoms with Crippen molar-refractivity contribution >= 4 is 11.5 Å². The number of methoxy groups -OCH3 is 1. The van der Waals surface area contributed by atoms with Crippen LogP contribution in [0.4, 0.5) is 11.5 Å². The van der Waals surface area contributed by atoms with Gasteiger partial charge in [-0.05, 0) is 6.92 Å². The maximum atomic E-state index is 10.4. The first-order chi connectivity index (χ1) is 6.06. The number of nitrogens with zero attached hydrogens (tertiary/aromatic N) is 3. The van der Waals surface area contributed by atoms with Gasteiger partial charge in [0.25, 0.3) is 0 Å². The molecule has 0 saturated heterocycles. The predicted octanol–water partition coefficient (Wildman–Crippen LogP) is 0.284. The van der Waals surface area contributed by atoms with Gasteiger partial charge in [0.2, 0.25) is 5.82 Å². The largest absolute Gasteiger partial charge is 0.467 e. The second kappa shape index (κ2) is 3.21. The molecule has 2 N–H and O–H groups in total. The Morgan fingerprint density at radius 3 is 2.54 bits per heavy atom. The third kappa shape index (κ3) is 1.63. The third-order valence-electron chi connectivity index (χ3n) is 1.43. The summed E-state index contributed by atoms with van der Waals surface area (Å²) >= 11 is 0. The molecule has 0 bridgehead atoms. The maximum absolute atomic E-state index is 10.4. The molecular formula is C6H8N4O3. The number of hydrogen-bond donors (Lipinski definition) is 1. The first-order valence-electron chi connectivity index (χ1n) is 3.38. The van der Waals surface area contributed by atoms with Gasteiger partial charge in [-0.25, -0.2) is 0 Å². The van der Waals surface area contributed by atoms with Gasteiger partial charge in [-0.1, -0.05) is 0 Å². The van der Waals surface area contributed by atoms with Gasteiger partial charge in [0.15, 0.2) is 0 Å². The Labute approximate surface area is 73.7 Å². The fraction of sp³-hybridized carbons (Fsp3) is 0.333. The molecule has 0 saturated carbocycles. The smallest absolute Gasteiger partial charge is 0.332 e. The number of anilines is 1. The van der Waals surface area contributed by atoms with Crippen LogP contribution in [-0.2, 0) is 0 Å². The summed E-state index contributed by atoms with van der Waals surface area (Å²) in [5.41, 5.74) is 5.24. The van der Waals surface area contributed by atoms with E-state index >= 15 is 0 Å². The van der Waals surface area contributed by atoms with E-state index in [4.69, 9.17) is 5.73 Å². The van der Waals surface area contributed by atoms with Crippen molar-refractivity contribution in [3.63, 3.8) is 0 Å². The fourth-order valence-electron chi connectivity index (χ4n) is 0.880. The van der Waals surface area contributed by atoms with Crippen LogP contribution in [-0.4, -0.2) is 22.0 Å².